The van der Waals surface area contributed by atoms with Crippen LogP contribution in [0.1, 0.15) is 38.7 Å². The lowest BCUT2D eigenvalue weighted by Gasteiger charge is -2.43. The Labute approximate surface area is 161 Å². The molecule has 0 aromatic heterocycles. The third-order valence-electron chi connectivity index (χ3n) is 6.72. The highest BCUT2D eigenvalue weighted by atomic mass is 19.1. The number of oxime groups is 1. The minimum absolute atomic E-state index is 0.0410. The van der Waals surface area contributed by atoms with Crippen molar-refractivity contribution >= 4 is 17.5 Å². The van der Waals surface area contributed by atoms with Gasteiger partial charge in [-0.15, -0.1) is 0 Å². The van der Waals surface area contributed by atoms with Crippen LogP contribution in [0.2, 0.25) is 0 Å². The SMILES string of the molecule is CC1=C2[C@H]3OC(=O)C4(CC(c5ccc(F)cc5)=NO4)[C@@H]3CC[C@@]2(C)C=CC1=O. The van der Waals surface area contributed by atoms with Crippen molar-refractivity contribution in [3.63, 3.8) is 0 Å². The highest BCUT2D eigenvalue weighted by Gasteiger charge is 2.66. The van der Waals surface area contributed by atoms with E-state index in [1.54, 1.807) is 25.1 Å². The van der Waals surface area contributed by atoms with Gasteiger partial charge in [-0.1, -0.05) is 30.3 Å². The second-order valence-corrected chi connectivity index (χ2v) is 8.33. The van der Waals surface area contributed by atoms with Gasteiger partial charge in [0.15, 0.2) is 5.78 Å². The van der Waals surface area contributed by atoms with Crippen molar-refractivity contribution in [1.29, 1.82) is 0 Å². The summed E-state index contributed by atoms with van der Waals surface area (Å²) in [6, 6.07) is 5.98. The van der Waals surface area contributed by atoms with Crippen LogP contribution in [0.5, 0.6) is 0 Å². The van der Waals surface area contributed by atoms with E-state index in [1.807, 2.05) is 6.08 Å². The van der Waals surface area contributed by atoms with Crippen LogP contribution in [0, 0.1) is 17.2 Å². The zero-order chi connectivity index (χ0) is 19.7. The number of ether oxygens (including phenoxy) is 1. The van der Waals surface area contributed by atoms with E-state index in [-0.39, 0.29) is 29.4 Å². The average molecular weight is 381 g/mol. The zero-order valence-electron chi connectivity index (χ0n) is 15.7. The van der Waals surface area contributed by atoms with Gasteiger partial charge in [-0.2, -0.15) is 0 Å². The molecule has 0 radical (unpaired) electrons. The molecule has 2 aliphatic heterocycles. The number of carbonyl (C=O) groups is 2. The van der Waals surface area contributed by atoms with Crippen molar-refractivity contribution in [2.24, 2.45) is 16.5 Å². The van der Waals surface area contributed by atoms with E-state index in [4.69, 9.17) is 9.57 Å². The number of esters is 1. The third kappa shape index (κ3) is 2.20. The first-order valence-electron chi connectivity index (χ1n) is 9.51. The minimum atomic E-state index is -1.17. The van der Waals surface area contributed by atoms with Crippen molar-refractivity contribution < 1.29 is 23.6 Å². The van der Waals surface area contributed by atoms with E-state index in [0.29, 0.717) is 11.3 Å². The molecule has 0 bridgehead atoms. The number of hydrogen-bond acceptors (Lipinski definition) is 5. The minimum Gasteiger partial charge on any atom is -0.454 e. The fourth-order valence-electron chi connectivity index (χ4n) is 5.14. The quantitative estimate of drug-likeness (QED) is 0.699. The molecule has 4 atom stereocenters. The van der Waals surface area contributed by atoms with E-state index < -0.39 is 17.7 Å². The number of rotatable bonds is 1. The summed E-state index contributed by atoms with van der Waals surface area (Å²) in [4.78, 5) is 31.0. The van der Waals surface area contributed by atoms with E-state index in [0.717, 1.165) is 24.0 Å². The number of benzene rings is 1. The van der Waals surface area contributed by atoms with Gasteiger partial charge in [-0.25, -0.2) is 9.18 Å². The Kier molecular flexibility index (Phi) is 3.49. The number of ketones is 1. The summed E-state index contributed by atoms with van der Waals surface area (Å²) in [5, 5.41) is 4.16. The Bertz CT molecular complexity index is 992. The molecule has 2 fully saturated rings. The van der Waals surface area contributed by atoms with Gasteiger partial charge in [0.05, 0.1) is 11.6 Å². The Morgan fingerprint density at radius 3 is 2.71 bits per heavy atom. The molecule has 1 saturated carbocycles. The lowest BCUT2D eigenvalue weighted by Crippen LogP contribution is -2.47. The summed E-state index contributed by atoms with van der Waals surface area (Å²) in [5.41, 5.74) is 1.41. The van der Waals surface area contributed by atoms with E-state index in [1.165, 1.54) is 12.1 Å². The predicted molar refractivity (Wildman–Crippen MR) is 98.9 cm³/mol. The highest BCUT2D eigenvalue weighted by Crippen LogP contribution is 2.56. The van der Waals surface area contributed by atoms with Crippen molar-refractivity contribution in [2.45, 2.75) is 44.8 Å². The van der Waals surface area contributed by atoms with Crippen LogP contribution in [-0.4, -0.2) is 29.2 Å². The molecule has 0 N–H and O–H groups in total. The van der Waals surface area contributed by atoms with Gasteiger partial charge < -0.3 is 9.57 Å². The molecule has 1 spiro atoms. The molecule has 6 heteroatoms. The lowest BCUT2D eigenvalue weighted by molar-refractivity contribution is -0.158. The van der Waals surface area contributed by atoms with Gasteiger partial charge in [-0.3, -0.25) is 4.79 Å². The zero-order valence-corrected chi connectivity index (χ0v) is 15.7. The molecule has 1 aromatic rings. The predicted octanol–water partition coefficient (Wildman–Crippen LogP) is 3.49. The molecule has 5 rings (SSSR count). The second-order valence-electron chi connectivity index (χ2n) is 8.33. The van der Waals surface area contributed by atoms with Gasteiger partial charge in [0.2, 0.25) is 5.60 Å². The summed E-state index contributed by atoms with van der Waals surface area (Å²) < 4.78 is 19.0. The summed E-state index contributed by atoms with van der Waals surface area (Å²) in [5.74, 6) is -1.02. The van der Waals surface area contributed by atoms with Gasteiger partial charge >= 0.3 is 5.97 Å². The summed E-state index contributed by atoms with van der Waals surface area (Å²) in [6.07, 6.45) is 4.89. The Balaban J connectivity index is 1.50. The number of allylic oxidation sites excluding steroid dienone is 3. The number of nitrogens with zero attached hydrogens (tertiary/aromatic N) is 1. The van der Waals surface area contributed by atoms with Crippen LogP contribution in [0.25, 0.3) is 0 Å². The normalized spacial score (nSPS) is 36.2. The molecule has 2 heterocycles. The molecule has 2 aliphatic carbocycles. The molecule has 1 unspecified atom stereocenters. The smallest absolute Gasteiger partial charge is 0.354 e. The standard InChI is InChI=1S/C22H20FNO4/c1-12-17(25)8-10-21(2)9-7-15-19(18(12)21)27-20(26)22(15)11-16(24-28-22)13-3-5-14(23)6-4-13/h3-6,8,10,15,19H,7,9,11H2,1-2H3/t15-,19+,21+,22?/m1/s1. The maximum Gasteiger partial charge on any atom is 0.354 e. The highest BCUT2D eigenvalue weighted by molar-refractivity contribution is 6.07. The molecule has 144 valence electrons. The first-order valence-corrected chi connectivity index (χ1v) is 9.51. The van der Waals surface area contributed by atoms with Gasteiger partial charge in [0, 0.05) is 17.4 Å². The number of carbonyl (C=O) groups excluding carboxylic acids is 2. The van der Waals surface area contributed by atoms with Crippen molar-refractivity contribution in [3.05, 3.63) is 58.9 Å². The van der Waals surface area contributed by atoms with Gasteiger partial charge in [0.1, 0.15) is 11.9 Å². The topological polar surface area (TPSA) is 65.0 Å². The van der Waals surface area contributed by atoms with Crippen LogP contribution in [0.15, 0.2) is 52.7 Å². The summed E-state index contributed by atoms with van der Waals surface area (Å²) in [7, 11) is 0. The molecule has 5 nitrogen and oxygen atoms in total. The Hall–Kier alpha value is -2.76. The summed E-state index contributed by atoms with van der Waals surface area (Å²) in [6.45, 7) is 3.89. The molecular weight excluding hydrogens is 361 g/mol. The molecule has 1 saturated heterocycles. The maximum absolute atomic E-state index is 13.2. The molecule has 0 amide bonds. The maximum atomic E-state index is 13.2. The third-order valence-corrected chi connectivity index (χ3v) is 6.72. The van der Waals surface area contributed by atoms with Crippen molar-refractivity contribution in [2.75, 3.05) is 0 Å². The monoisotopic (exact) mass is 381 g/mol. The van der Waals surface area contributed by atoms with E-state index >= 15 is 0 Å². The van der Waals surface area contributed by atoms with E-state index in [9.17, 15) is 14.0 Å². The summed E-state index contributed by atoms with van der Waals surface area (Å²) >= 11 is 0. The average Bonchev–Trinajstić information content (AvgIpc) is 3.22. The Morgan fingerprint density at radius 1 is 1.21 bits per heavy atom. The fraction of sp³-hybridized carbons (Fsp3) is 0.409. The second kappa shape index (κ2) is 5.63. The molecule has 1 aromatic carbocycles. The van der Waals surface area contributed by atoms with Crippen molar-refractivity contribution in [3.8, 4) is 0 Å². The Morgan fingerprint density at radius 2 is 1.96 bits per heavy atom. The number of fused-ring (bicyclic) bond motifs is 4. The first-order chi connectivity index (χ1) is 13.3. The van der Waals surface area contributed by atoms with Crippen LogP contribution >= 0.6 is 0 Å². The fourth-order valence-corrected chi connectivity index (χ4v) is 5.14. The van der Waals surface area contributed by atoms with E-state index in [2.05, 4.69) is 12.1 Å². The van der Waals surface area contributed by atoms with Gasteiger partial charge in [-0.05, 0) is 49.1 Å². The molecule has 28 heavy (non-hydrogen) atoms. The number of hydrogen-bond donors (Lipinski definition) is 0. The molecule has 4 aliphatic rings. The number of halogens is 1. The van der Waals surface area contributed by atoms with Crippen LogP contribution < -0.4 is 0 Å². The van der Waals surface area contributed by atoms with Crippen LogP contribution in [0.4, 0.5) is 4.39 Å². The largest absolute Gasteiger partial charge is 0.454 e. The van der Waals surface area contributed by atoms with Crippen LogP contribution in [0.3, 0.4) is 0 Å². The van der Waals surface area contributed by atoms with Gasteiger partial charge in [0.25, 0.3) is 0 Å². The first kappa shape index (κ1) is 17.3. The van der Waals surface area contributed by atoms with Crippen LogP contribution in [-0.2, 0) is 19.2 Å². The molecular formula is C22H20FNO4. The van der Waals surface area contributed by atoms with Crippen molar-refractivity contribution in [1.82, 2.24) is 0 Å². The lowest BCUT2D eigenvalue weighted by atomic mass is 9.60.